The van der Waals surface area contributed by atoms with E-state index < -0.39 is 52.1 Å². The maximum atomic E-state index is 13.6. The SMILES string of the molecule is COc1ccc(C(OC[C@H]2O[C@@H](n3cnc4c(NC(=O)OCCc5ccc([N+](=O)[O-])cc5)ncnc43)[C@H](NC(=O)OCCc3ccc([N+](=O)[O-])cc3)[C@@H]2O)(c2ccccc2)c2ccc(OC)cc2)cc1. The van der Waals surface area contributed by atoms with Crippen molar-refractivity contribution in [3.63, 3.8) is 0 Å². The number of aromatic nitrogens is 4. The zero-order valence-electron chi connectivity index (χ0n) is 37.7. The summed E-state index contributed by atoms with van der Waals surface area (Å²) in [6, 6.07) is 34.9. The van der Waals surface area contributed by atoms with Crippen molar-refractivity contribution in [1.29, 1.82) is 0 Å². The number of rotatable bonds is 19. The molecule has 2 amide bonds. The second kappa shape index (κ2) is 21.6. The maximum absolute atomic E-state index is 13.6. The van der Waals surface area contributed by atoms with Crippen LogP contribution in [0.4, 0.5) is 26.8 Å². The van der Waals surface area contributed by atoms with Gasteiger partial charge in [-0.1, -0.05) is 78.9 Å². The van der Waals surface area contributed by atoms with Crippen molar-refractivity contribution in [3.05, 3.63) is 188 Å². The number of carbonyl (C=O) groups is 2. The summed E-state index contributed by atoms with van der Waals surface area (Å²) in [5, 5.41) is 39.7. The van der Waals surface area contributed by atoms with E-state index in [1.165, 1.54) is 41.5 Å². The average molecular weight is 955 g/mol. The number of amides is 2. The third kappa shape index (κ3) is 10.6. The fourth-order valence-corrected chi connectivity index (χ4v) is 8.09. The van der Waals surface area contributed by atoms with E-state index in [9.17, 15) is 34.9 Å². The lowest BCUT2D eigenvalue weighted by molar-refractivity contribution is -0.385. The number of carbonyl (C=O) groups excluding carboxylic acids is 2. The van der Waals surface area contributed by atoms with E-state index >= 15 is 0 Å². The molecule has 3 heterocycles. The summed E-state index contributed by atoms with van der Waals surface area (Å²) < 4.78 is 37.1. The molecule has 1 aliphatic heterocycles. The summed E-state index contributed by atoms with van der Waals surface area (Å²) in [5.74, 6) is 1.24. The minimum atomic E-state index is -1.44. The maximum Gasteiger partial charge on any atom is 0.412 e. The van der Waals surface area contributed by atoms with Gasteiger partial charge in [0.15, 0.2) is 23.2 Å². The van der Waals surface area contributed by atoms with Crippen LogP contribution in [0.2, 0.25) is 0 Å². The molecule has 0 saturated carbocycles. The molecule has 1 aliphatic rings. The van der Waals surface area contributed by atoms with Gasteiger partial charge in [-0.15, -0.1) is 0 Å². The van der Waals surface area contributed by atoms with Crippen LogP contribution >= 0.6 is 0 Å². The highest BCUT2D eigenvalue weighted by molar-refractivity contribution is 5.93. The second-order valence-corrected chi connectivity index (χ2v) is 15.8. The van der Waals surface area contributed by atoms with Crippen molar-refractivity contribution in [1.82, 2.24) is 24.8 Å². The molecule has 1 saturated heterocycles. The Balaban J connectivity index is 1.06. The van der Waals surface area contributed by atoms with Crippen molar-refractivity contribution in [3.8, 4) is 11.5 Å². The van der Waals surface area contributed by atoms with Crippen LogP contribution in [-0.4, -0.2) is 98.9 Å². The quantitative estimate of drug-likeness (QED) is 0.0416. The predicted molar refractivity (Wildman–Crippen MR) is 250 cm³/mol. The van der Waals surface area contributed by atoms with Crippen LogP contribution in [-0.2, 0) is 37.4 Å². The van der Waals surface area contributed by atoms with Crippen LogP contribution in [0.5, 0.6) is 11.5 Å². The van der Waals surface area contributed by atoms with Gasteiger partial charge in [-0.25, -0.2) is 24.5 Å². The largest absolute Gasteiger partial charge is 0.497 e. The van der Waals surface area contributed by atoms with E-state index in [1.807, 2.05) is 78.9 Å². The van der Waals surface area contributed by atoms with Crippen LogP contribution < -0.4 is 20.1 Å². The van der Waals surface area contributed by atoms with Crippen molar-refractivity contribution in [2.45, 2.75) is 42.9 Å². The topological polar surface area (TPSA) is 264 Å². The summed E-state index contributed by atoms with van der Waals surface area (Å²) in [5.41, 5.74) is 2.45. The standard InChI is InChI=1S/C49H46N8O13/c1-65-38-20-12-34(13-21-38)49(33-6-4-3-5-7-33,35-14-22-39(66-2)23-15-35)69-28-40-43(58)41(53-47(59)67-26-24-31-8-16-36(17-9-31)56(61)62)46(70-40)55-30-52-42-44(50-29-51-45(42)55)54-48(60)68-27-25-32-10-18-37(19-11-32)57(63)64/h3-23,29-30,40-41,43,46,58H,24-28H2,1-2H3,(H,53,59)(H,50,51,54,60)/t40-,41-,43-,46-/m1/s1. The van der Waals surface area contributed by atoms with E-state index in [4.69, 9.17) is 28.4 Å². The first kappa shape index (κ1) is 47.9. The number of nitro benzene ring substituents is 2. The molecular weight excluding hydrogens is 909 g/mol. The molecule has 4 atom stereocenters. The number of ether oxygens (including phenoxy) is 6. The molecule has 0 aliphatic carbocycles. The van der Waals surface area contributed by atoms with Crippen LogP contribution in [0.3, 0.4) is 0 Å². The van der Waals surface area contributed by atoms with Gasteiger partial charge in [0, 0.05) is 37.1 Å². The molecule has 1 fully saturated rings. The molecule has 0 radical (unpaired) electrons. The Morgan fingerprint density at radius 1 is 0.714 bits per heavy atom. The number of methoxy groups -OCH3 is 2. The van der Waals surface area contributed by atoms with Gasteiger partial charge in [-0.2, -0.15) is 0 Å². The van der Waals surface area contributed by atoms with E-state index in [2.05, 4.69) is 25.6 Å². The fraction of sp³-hybridized carbons (Fsp3) is 0.245. The number of benzene rings is 5. The molecule has 3 N–H and O–H groups in total. The van der Waals surface area contributed by atoms with Crippen molar-refractivity contribution in [2.24, 2.45) is 0 Å². The highest BCUT2D eigenvalue weighted by Crippen LogP contribution is 2.43. The molecule has 70 heavy (non-hydrogen) atoms. The number of non-ortho nitro benzene ring substituents is 2. The van der Waals surface area contributed by atoms with E-state index in [1.54, 1.807) is 38.5 Å². The zero-order chi connectivity index (χ0) is 49.2. The number of hydrogen-bond donors (Lipinski definition) is 3. The van der Waals surface area contributed by atoms with Crippen molar-refractivity contribution in [2.75, 3.05) is 39.4 Å². The van der Waals surface area contributed by atoms with Gasteiger partial charge < -0.3 is 38.8 Å². The molecule has 360 valence electrons. The lowest BCUT2D eigenvalue weighted by Crippen LogP contribution is -2.47. The number of imidazole rings is 1. The Labute approximate surface area is 399 Å². The van der Waals surface area contributed by atoms with Crippen LogP contribution in [0.1, 0.15) is 34.0 Å². The molecule has 5 aromatic carbocycles. The van der Waals surface area contributed by atoms with Gasteiger partial charge in [0.05, 0.1) is 50.2 Å². The van der Waals surface area contributed by atoms with Gasteiger partial charge >= 0.3 is 12.2 Å². The Morgan fingerprint density at radius 3 is 1.77 bits per heavy atom. The number of anilines is 1. The summed E-state index contributed by atoms with van der Waals surface area (Å²) >= 11 is 0. The minimum absolute atomic E-state index is 0.00990. The number of hydrogen-bond acceptors (Lipinski definition) is 16. The molecule has 0 unspecified atom stereocenters. The molecule has 2 aromatic heterocycles. The van der Waals surface area contributed by atoms with Gasteiger partial charge in [0.2, 0.25) is 0 Å². The Morgan fingerprint density at radius 2 is 1.24 bits per heavy atom. The first-order valence-electron chi connectivity index (χ1n) is 21.8. The number of nitrogens with one attached hydrogen (secondary N) is 2. The second-order valence-electron chi connectivity index (χ2n) is 15.8. The van der Waals surface area contributed by atoms with Crippen LogP contribution in [0.15, 0.2) is 140 Å². The summed E-state index contributed by atoms with van der Waals surface area (Å²) in [7, 11) is 3.15. The third-order valence-electron chi connectivity index (χ3n) is 11.7. The van der Waals surface area contributed by atoms with Gasteiger partial charge in [-0.05, 0) is 52.1 Å². The molecule has 8 rings (SSSR count). The molecule has 21 heteroatoms. The Kier molecular flexibility index (Phi) is 14.8. The summed E-state index contributed by atoms with van der Waals surface area (Å²) in [4.78, 5) is 60.8. The van der Waals surface area contributed by atoms with E-state index in [-0.39, 0.29) is 61.0 Å². The molecule has 7 aromatic rings. The molecule has 0 bridgehead atoms. The monoisotopic (exact) mass is 954 g/mol. The number of nitrogens with zero attached hydrogens (tertiary/aromatic N) is 6. The van der Waals surface area contributed by atoms with E-state index in [0.29, 0.717) is 22.6 Å². The highest BCUT2D eigenvalue weighted by Gasteiger charge is 2.48. The van der Waals surface area contributed by atoms with Gasteiger partial charge in [0.1, 0.15) is 41.7 Å². The van der Waals surface area contributed by atoms with Crippen molar-refractivity contribution >= 4 is 40.5 Å². The Bertz CT molecular complexity index is 2870. The molecule has 0 spiro atoms. The van der Waals surface area contributed by atoms with Gasteiger partial charge in [-0.3, -0.25) is 30.1 Å². The average Bonchev–Trinajstić information content (AvgIpc) is 3.95. The fourth-order valence-electron chi connectivity index (χ4n) is 8.09. The minimum Gasteiger partial charge on any atom is -0.497 e. The zero-order valence-corrected chi connectivity index (χ0v) is 37.7. The van der Waals surface area contributed by atoms with Crippen LogP contribution in [0, 0.1) is 20.2 Å². The smallest absolute Gasteiger partial charge is 0.412 e. The number of aliphatic hydroxyl groups excluding tert-OH is 1. The number of fused-ring (bicyclic) bond motifs is 1. The third-order valence-corrected chi connectivity index (χ3v) is 11.7. The number of aliphatic hydroxyl groups is 1. The highest BCUT2D eigenvalue weighted by atomic mass is 16.6. The number of nitro groups is 2. The van der Waals surface area contributed by atoms with Crippen molar-refractivity contribution < 1.29 is 53.0 Å². The first-order chi connectivity index (χ1) is 34.0. The Hall–Kier alpha value is -8.53. The normalized spacial score (nSPS) is 16.6. The molecular formula is C49H46N8O13. The molecule has 21 nitrogen and oxygen atoms in total. The number of alkyl carbamates (subject to hydrolysis) is 1. The lowest BCUT2D eigenvalue weighted by Gasteiger charge is -2.37. The summed E-state index contributed by atoms with van der Waals surface area (Å²) in [6.45, 7) is -0.393. The summed E-state index contributed by atoms with van der Waals surface area (Å²) in [6.07, 6.45) is -2.42. The van der Waals surface area contributed by atoms with Crippen LogP contribution in [0.25, 0.3) is 11.2 Å². The predicted octanol–water partition coefficient (Wildman–Crippen LogP) is 7.06. The van der Waals surface area contributed by atoms with E-state index in [0.717, 1.165) is 16.7 Å². The lowest BCUT2D eigenvalue weighted by atomic mass is 9.80. The van der Waals surface area contributed by atoms with Gasteiger partial charge in [0.25, 0.3) is 11.4 Å². The first-order valence-corrected chi connectivity index (χ1v) is 21.8.